The molecule has 1 unspecified atom stereocenters. The van der Waals surface area contributed by atoms with E-state index in [0.29, 0.717) is 12.3 Å². The SMILES string of the molecule is CC(C)CCCC(C)CS(=O)(=O)c1ccc(S(=O)(=O)NCCc2ccncc2)cc1. The topological polar surface area (TPSA) is 93.2 Å². The molecule has 8 heteroatoms. The Labute approximate surface area is 181 Å². The van der Waals surface area contributed by atoms with Gasteiger partial charge < -0.3 is 0 Å². The summed E-state index contributed by atoms with van der Waals surface area (Å²) < 4.78 is 52.8. The largest absolute Gasteiger partial charge is 0.265 e. The van der Waals surface area contributed by atoms with Crippen LogP contribution in [0.25, 0.3) is 0 Å². The van der Waals surface area contributed by atoms with Crippen molar-refractivity contribution >= 4 is 19.9 Å². The highest BCUT2D eigenvalue weighted by Crippen LogP contribution is 2.20. The first-order chi connectivity index (χ1) is 14.1. The molecule has 2 aromatic rings. The maximum Gasteiger partial charge on any atom is 0.240 e. The highest BCUT2D eigenvalue weighted by atomic mass is 32.2. The normalized spacial score (nSPS) is 13.5. The summed E-state index contributed by atoms with van der Waals surface area (Å²) in [7, 11) is -7.14. The van der Waals surface area contributed by atoms with Gasteiger partial charge in [-0.25, -0.2) is 21.6 Å². The lowest BCUT2D eigenvalue weighted by atomic mass is 10.0. The van der Waals surface area contributed by atoms with Gasteiger partial charge in [0.25, 0.3) is 0 Å². The molecule has 166 valence electrons. The van der Waals surface area contributed by atoms with E-state index >= 15 is 0 Å². The summed E-state index contributed by atoms with van der Waals surface area (Å²) in [6, 6.07) is 9.13. The van der Waals surface area contributed by atoms with Gasteiger partial charge >= 0.3 is 0 Å². The number of hydrogen-bond acceptors (Lipinski definition) is 5. The van der Waals surface area contributed by atoms with Crippen LogP contribution >= 0.6 is 0 Å². The molecule has 0 aliphatic heterocycles. The Hall–Kier alpha value is -1.77. The van der Waals surface area contributed by atoms with Gasteiger partial charge in [0, 0.05) is 18.9 Å². The van der Waals surface area contributed by atoms with Crippen LogP contribution in [0.1, 0.15) is 45.6 Å². The molecule has 1 N–H and O–H groups in total. The maximum absolute atomic E-state index is 12.7. The Bertz CT molecular complexity index is 987. The second-order valence-electron chi connectivity index (χ2n) is 8.19. The van der Waals surface area contributed by atoms with E-state index in [0.717, 1.165) is 24.8 Å². The number of nitrogens with zero attached hydrogens (tertiary/aromatic N) is 1. The molecule has 6 nitrogen and oxygen atoms in total. The third-order valence-electron chi connectivity index (χ3n) is 4.93. The summed E-state index contributed by atoms with van der Waals surface area (Å²) in [6.45, 7) is 6.51. The monoisotopic (exact) mass is 452 g/mol. The Kier molecular flexibility index (Phi) is 9.00. The molecule has 2 rings (SSSR count). The number of sulfone groups is 1. The van der Waals surface area contributed by atoms with Crippen LogP contribution in [0, 0.1) is 11.8 Å². The Balaban J connectivity index is 1.95. The van der Waals surface area contributed by atoms with Crippen LogP contribution < -0.4 is 4.72 Å². The molecule has 1 aromatic carbocycles. The van der Waals surface area contributed by atoms with Crippen LogP contribution in [0.15, 0.2) is 58.6 Å². The molecule has 0 radical (unpaired) electrons. The first-order valence-corrected chi connectivity index (χ1v) is 13.4. The number of hydrogen-bond donors (Lipinski definition) is 1. The van der Waals surface area contributed by atoms with E-state index in [1.54, 1.807) is 12.4 Å². The van der Waals surface area contributed by atoms with Crippen LogP contribution in [0.2, 0.25) is 0 Å². The highest BCUT2D eigenvalue weighted by molar-refractivity contribution is 7.91. The maximum atomic E-state index is 12.7. The fourth-order valence-corrected chi connectivity index (χ4v) is 5.91. The van der Waals surface area contributed by atoms with E-state index in [-0.39, 0.29) is 28.0 Å². The predicted octanol–water partition coefficient (Wildman–Crippen LogP) is 3.84. The van der Waals surface area contributed by atoms with Crippen LogP contribution in [-0.2, 0) is 26.3 Å². The zero-order valence-electron chi connectivity index (χ0n) is 17.9. The van der Waals surface area contributed by atoms with Gasteiger partial charge in [-0.05, 0) is 66.6 Å². The van der Waals surface area contributed by atoms with Gasteiger partial charge in [-0.15, -0.1) is 0 Å². The summed E-state index contributed by atoms with van der Waals surface area (Å²) in [5.74, 6) is 0.745. The van der Waals surface area contributed by atoms with Gasteiger partial charge in [-0.2, -0.15) is 0 Å². The van der Waals surface area contributed by atoms with Crippen molar-refractivity contribution in [3.05, 3.63) is 54.4 Å². The number of rotatable bonds is 12. The van der Waals surface area contributed by atoms with E-state index in [4.69, 9.17) is 0 Å². The molecule has 0 bridgehead atoms. The molecule has 1 heterocycles. The molecular weight excluding hydrogens is 420 g/mol. The summed E-state index contributed by atoms with van der Waals surface area (Å²) in [5, 5.41) is 0. The lowest BCUT2D eigenvalue weighted by Crippen LogP contribution is -2.26. The van der Waals surface area contributed by atoms with Crippen molar-refractivity contribution in [1.82, 2.24) is 9.71 Å². The Morgan fingerprint density at radius 1 is 0.867 bits per heavy atom. The number of benzene rings is 1. The average molecular weight is 453 g/mol. The highest BCUT2D eigenvalue weighted by Gasteiger charge is 2.20. The Morgan fingerprint density at radius 3 is 2.07 bits per heavy atom. The molecule has 0 spiro atoms. The van der Waals surface area contributed by atoms with Crippen LogP contribution in [0.4, 0.5) is 0 Å². The molecule has 0 aliphatic carbocycles. The van der Waals surface area contributed by atoms with Crippen LogP contribution in [-0.4, -0.2) is 34.1 Å². The zero-order valence-corrected chi connectivity index (χ0v) is 19.5. The third kappa shape index (κ3) is 7.81. The summed E-state index contributed by atoms with van der Waals surface area (Å²) in [5.41, 5.74) is 0.983. The van der Waals surface area contributed by atoms with Gasteiger partial charge in [0.1, 0.15) is 0 Å². The van der Waals surface area contributed by atoms with Crippen molar-refractivity contribution in [1.29, 1.82) is 0 Å². The molecule has 1 atom stereocenters. The minimum absolute atomic E-state index is 0.0566. The fraction of sp³-hybridized carbons (Fsp3) is 0.500. The van der Waals surface area contributed by atoms with Crippen molar-refractivity contribution < 1.29 is 16.8 Å². The van der Waals surface area contributed by atoms with Crippen LogP contribution in [0.5, 0.6) is 0 Å². The molecule has 0 saturated heterocycles. The van der Waals surface area contributed by atoms with Gasteiger partial charge in [0.05, 0.1) is 15.5 Å². The van der Waals surface area contributed by atoms with Gasteiger partial charge in [0.2, 0.25) is 10.0 Å². The van der Waals surface area contributed by atoms with Crippen molar-refractivity contribution in [3.63, 3.8) is 0 Å². The Morgan fingerprint density at radius 2 is 1.47 bits per heavy atom. The molecule has 1 aromatic heterocycles. The third-order valence-corrected chi connectivity index (χ3v) is 8.41. The summed E-state index contributed by atoms with van der Waals surface area (Å²) >= 11 is 0. The molecule has 0 amide bonds. The van der Waals surface area contributed by atoms with Gasteiger partial charge in [-0.1, -0.05) is 33.6 Å². The summed E-state index contributed by atoms with van der Waals surface area (Å²) in [4.78, 5) is 4.15. The predicted molar refractivity (Wildman–Crippen MR) is 119 cm³/mol. The molecular formula is C22H32N2O4S2. The quantitative estimate of drug-likeness (QED) is 0.528. The lowest BCUT2D eigenvalue weighted by molar-refractivity contribution is 0.477. The van der Waals surface area contributed by atoms with E-state index in [1.807, 2.05) is 19.1 Å². The van der Waals surface area contributed by atoms with E-state index in [2.05, 4.69) is 23.6 Å². The van der Waals surface area contributed by atoms with E-state index < -0.39 is 19.9 Å². The second-order valence-corrected chi connectivity index (χ2v) is 12.0. The average Bonchev–Trinajstić information content (AvgIpc) is 2.68. The fourth-order valence-electron chi connectivity index (χ4n) is 3.22. The number of aromatic nitrogens is 1. The molecule has 0 fully saturated rings. The van der Waals surface area contributed by atoms with Crippen LogP contribution in [0.3, 0.4) is 0 Å². The lowest BCUT2D eigenvalue weighted by Gasteiger charge is -2.13. The number of nitrogens with one attached hydrogen (secondary N) is 1. The van der Waals surface area contributed by atoms with Crippen molar-refractivity contribution in [2.24, 2.45) is 11.8 Å². The van der Waals surface area contributed by atoms with E-state index in [1.165, 1.54) is 24.3 Å². The molecule has 0 aliphatic rings. The first kappa shape index (κ1) is 24.5. The van der Waals surface area contributed by atoms with Crippen molar-refractivity contribution in [3.8, 4) is 0 Å². The zero-order chi connectivity index (χ0) is 22.2. The number of pyridine rings is 1. The minimum Gasteiger partial charge on any atom is -0.265 e. The standard InChI is InChI=1S/C22H32N2O4S2/c1-18(2)5-4-6-19(3)17-29(25,26)21-7-9-22(10-8-21)30(27,28)24-16-13-20-11-14-23-15-12-20/h7-12,14-15,18-19,24H,4-6,13,16-17H2,1-3H3. The van der Waals surface area contributed by atoms with E-state index in [9.17, 15) is 16.8 Å². The molecule has 30 heavy (non-hydrogen) atoms. The van der Waals surface area contributed by atoms with Crippen molar-refractivity contribution in [2.75, 3.05) is 12.3 Å². The summed E-state index contributed by atoms with van der Waals surface area (Å²) in [6.07, 6.45) is 6.83. The smallest absolute Gasteiger partial charge is 0.240 e. The first-order valence-electron chi connectivity index (χ1n) is 10.3. The minimum atomic E-state index is -3.70. The van der Waals surface area contributed by atoms with Crippen molar-refractivity contribution in [2.45, 2.75) is 56.2 Å². The van der Waals surface area contributed by atoms with Gasteiger partial charge in [-0.3, -0.25) is 4.98 Å². The molecule has 0 saturated carbocycles. The number of sulfonamides is 1. The van der Waals surface area contributed by atoms with Gasteiger partial charge in [0.15, 0.2) is 9.84 Å². The second kappa shape index (κ2) is 11.0.